The molecule has 82 valence electrons. The summed E-state index contributed by atoms with van der Waals surface area (Å²) in [6.45, 7) is 2.06. The second kappa shape index (κ2) is 5.23. The van der Waals surface area contributed by atoms with Crippen LogP contribution in [0.15, 0.2) is 28.7 Å². The van der Waals surface area contributed by atoms with Gasteiger partial charge >= 0.3 is 0 Å². The van der Waals surface area contributed by atoms with E-state index in [4.69, 9.17) is 0 Å². The Bertz CT molecular complexity index is 365. The van der Waals surface area contributed by atoms with Crippen molar-refractivity contribution in [1.82, 2.24) is 5.32 Å². The third-order valence-electron chi connectivity index (χ3n) is 2.56. The maximum atomic E-state index is 11.8. The number of rotatable bonds is 4. The van der Waals surface area contributed by atoms with Gasteiger partial charge in [0.1, 0.15) is 0 Å². The first-order chi connectivity index (χ1) is 7.25. The van der Waals surface area contributed by atoms with Gasteiger partial charge in [-0.2, -0.15) is 0 Å². The summed E-state index contributed by atoms with van der Waals surface area (Å²) in [5.41, 5.74) is 1.14. The number of nitrogens with one attached hydrogen (secondary N) is 1. The lowest BCUT2D eigenvalue weighted by atomic mass is 10.1. The molecule has 0 amide bonds. The Balaban J connectivity index is 1.90. The van der Waals surface area contributed by atoms with Gasteiger partial charge in [0, 0.05) is 39.9 Å². The summed E-state index contributed by atoms with van der Waals surface area (Å²) in [4.78, 5) is 0. The number of hydrogen-bond donors (Lipinski definition) is 1. The SMILES string of the molecule is O=S(Cc1ccccc1Br)CC1CNC1. The average molecular weight is 288 g/mol. The molecule has 1 saturated heterocycles. The third kappa shape index (κ3) is 3.13. The molecule has 2 nitrogen and oxygen atoms in total. The van der Waals surface area contributed by atoms with E-state index in [1.54, 1.807) is 0 Å². The maximum absolute atomic E-state index is 11.8. The standard InChI is InChI=1S/C11H14BrNOS/c12-11-4-2-1-3-10(11)8-15(14)7-9-5-13-6-9/h1-4,9,13H,5-8H2. The van der Waals surface area contributed by atoms with Gasteiger partial charge in [-0.3, -0.25) is 4.21 Å². The lowest BCUT2D eigenvalue weighted by Crippen LogP contribution is -2.44. The molecule has 1 N–H and O–H groups in total. The van der Waals surface area contributed by atoms with Crippen LogP contribution < -0.4 is 5.32 Å². The predicted molar refractivity (Wildman–Crippen MR) is 67.2 cm³/mol. The molecule has 2 rings (SSSR count). The fourth-order valence-electron chi connectivity index (χ4n) is 1.58. The molecule has 15 heavy (non-hydrogen) atoms. The van der Waals surface area contributed by atoms with Crippen LogP contribution in [0.5, 0.6) is 0 Å². The number of benzene rings is 1. The van der Waals surface area contributed by atoms with Crippen LogP contribution in [0, 0.1) is 5.92 Å². The van der Waals surface area contributed by atoms with Crippen molar-refractivity contribution in [1.29, 1.82) is 0 Å². The van der Waals surface area contributed by atoms with Crippen molar-refractivity contribution in [3.63, 3.8) is 0 Å². The molecule has 0 spiro atoms. The lowest BCUT2D eigenvalue weighted by molar-refractivity contribution is 0.382. The number of hydrogen-bond acceptors (Lipinski definition) is 2. The van der Waals surface area contributed by atoms with Crippen LogP contribution in [0.1, 0.15) is 5.56 Å². The van der Waals surface area contributed by atoms with Gasteiger partial charge < -0.3 is 5.32 Å². The second-order valence-electron chi connectivity index (χ2n) is 3.87. The summed E-state index contributed by atoms with van der Waals surface area (Å²) >= 11 is 3.48. The molecule has 1 fully saturated rings. The molecule has 0 bridgehead atoms. The van der Waals surface area contributed by atoms with Gasteiger partial charge in [0.15, 0.2) is 0 Å². The highest BCUT2D eigenvalue weighted by atomic mass is 79.9. The van der Waals surface area contributed by atoms with Crippen LogP contribution in [0.3, 0.4) is 0 Å². The van der Waals surface area contributed by atoms with E-state index in [1.165, 1.54) is 0 Å². The fraction of sp³-hybridized carbons (Fsp3) is 0.455. The van der Waals surface area contributed by atoms with Crippen LogP contribution in [0.4, 0.5) is 0 Å². The molecule has 0 aliphatic carbocycles. The van der Waals surface area contributed by atoms with E-state index in [2.05, 4.69) is 21.2 Å². The van der Waals surface area contributed by atoms with E-state index in [0.717, 1.165) is 28.9 Å². The Labute approximate surface area is 101 Å². The molecule has 1 aliphatic heterocycles. The zero-order chi connectivity index (χ0) is 10.7. The highest BCUT2D eigenvalue weighted by Crippen LogP contribution is 2.18. The smallest absolute Gasteiger partial charge is 0.0496 e. The zero-order valence-electron chi connectivity index (χ0n) is 8.41. The van der Waals surface area contributed by atoms with Gasteiger partial charge in [-0.25, -0.2) is 0 Å². The molecule has 0 radical (unpaired) electrons. The van der Waals surface area contributed by atoms with Gasteiger partial charge in [-0.1, -0.05) is 34.1 Å². The Hall–Kier alpha value is -0.190. The minimum Gasteiger partial charge on any atom is -0.316 e. The molecule has 1 aliphatic rings. The van der Waals surface area contributed by atoms with Crippen molar-refractivity contribution < 1.29 is 4.21 Å². The van der Waals surface area contributed by atoms with E-state index < -0.39 is 10.8 Å². The summed E-state index contributed by atoms with van der Waals surface area (Å²) in [5.74, 6) is 2.11. The second-order valence-corrected chi connectivity index (χ2v) is 6.22. The molecular weight excluding hydrogens is 274 g/mol. The highest BCUT2D eigenvalue weighted by molar-refractivity contribution is 9.10. The van der Waals surface area contributed by atoms with Crippen LogP contribution >= 0.6 is 15.9 Å². The summed E-state index contributed by atoms with van der Waals surface area (Å²) < 4.78 is 12.9. The van der Waals surface area contributed by atoms with Crippen LogP contribution in [0.25, 0.3) is 0 Å². The summed E-state index contributed by atoms with van der Waals surface area (Å²) in [7, 11) is -0.730. The molecule has 1 heterocycles. The summed E-state index contributed by atoms with van der Waals surface area (Å²) in [6.07, 6.45) is 0. The van der Waals surface area contributed by atoms with Gasteiger partial charge in [0.25, 0.3) is 0 Å². The molecule has 0 saturated carbocycles. The third-order valence-corrected chi connectivity index (χ3v) is 4.81. The first-order valence-corrected chi connectivity index (χ1v) is 7.33. The van der Waals surface area contributed by atoms with Crippen LogP contribution in [-0.2, 0) is 16.6 Å². The van der Waals surface area contributed by atoms with Crippen molar-refractivity contribution in [2.45, 2.75) is 5.75 Å². The van der Waals surface area contributed by atoms with E-state index in [-0.39, 0.29) is 0 Å². The Morgan fingerprint density at radius 1 is 1.40 bits per heavy atom. The highest BCUT2D eigenvalue weighted by Gasteiger charge is 2.19. The van der Waals surface area contributed by atoms with Crippen LogP contribution in [-0.4, -0.2) is 23.1 Å². The van der Waals surface area contributed by atoms with Crippen molar-refractivity contribution in [3.05, 3.63) is 34.3 Å². The first-order valence-electron chi connectivity index (χ1n) is 5.05. The molecule has 1 aromatic rings. The van der Waals surface area contributed by atoms with Crippen molar-refractivity contribution in [2.24, 2.45) is 5.92 Å². The molecule has 0 aromatic heterocycles. The van der Waals surface area contributed by atoms with E-state index in [1.807, 2.05) is 24.3 Å². The van der Waals surface area contributed by atoms with Crippen molar-refractivity contribution >= 4 is 26.7 Å². The summed E-state index contributed by atoms with van der Waals surface area (Å²) in [6, 6.07) is 7.99. The van der Waals surface area contributed by atoms with Gasteiger partial charge in [-0.15, -0.1) is 0 Å². The topological polar surface area (TPSA) is 29.1 Å². The molecular formula is C11H14BrNOS. The maximum Gasteiger partial charge on any atom is 0.0496 e. The quantitative estimate of drug-likeness (QED) is 0.917. The first kappa shape index (κ1) is 11.3. The molecule has 1 unspecified atom stereocenters. The average Bonchev–Trinajstić information content (AvgIpc) is 2.16. The fourth-order valence-corrected chi connectivity index (χ4v) is 3.67. The van der Waals surface area contributed by atoms with Gasteiger partial charge in [-0.05, 0) is 17.5 Å². The lowest BCUT2D eigenvalue weighted by Gasteiger charge is -2.26. The van der Waals surface area contributed by atoms with Crippen molar-refractivity contribution in [2.75, 3.05) is 18.8 Å². The summed E-state index contributed by atoms with van der Waals surface area (Å²) in [5, 5.41) is 3.20. The number of halogens is 1. The normalized spacial score (nSPS) is 18.5. The minimum atomic E-state index is -0.730. The van der Waals surface area contributed by atoms with Gasteiger partial charge in [0.05, 0.1) is 0 Å². The molecule has 1 atom stereocenters. The van der Waals surface area contributed by atoms with Gasteiger partial charge in [0.2, 0.25) is 0 Å². The monoisotopic (exact) mass is 287 g/mol. The largest absolute Gasteiger partial charge is 0.316 e. The van der Waals surface area contributed by atoms with Crippen molar-refractivity contribution in [3.8, 4) is 0 Å². The predicted octanol–water partition coefficient (Wildman–Crippen LogP) is 1.92. The minimum absolute atomic E-state index is 0.619. The van der Waals surface area contributed by atoms with Crippen LogP contribution in [0.2, 0.25) is 0 Å². The molecule has 1 aromatic carbocycles. The van der Waals surface area contributed by atoms with E-state index in [0.29, 0.717) is 11.7 Å². The molecule has 4 heteroatoms. The zero-order valence-corrected chi connectivity index (χ0v) is 10.8. The van der Waals surface area contributed by atoms with E-state index in [9.17, 15) is 4.21 Å². The Morgan fingerprint density at radius 2 is 2.13 bits per heavy atom. The Morgan fingerprint density at radius 3 is 2.73 bits per heavy atom. The van der Waals surface area contributed by atoms with E-state index >= 15 is 0 Å². The Kier molecular flexibility index (Phi) is 3.94.